The van der Waals surface area contributed by atoms with Crippen LogP contribution in [0.3, 0.4) is 0 Å². The Labute approximate surface area is 208 Å². The van der Waals surface area contributed by atoms with Gasteiger partial charge in [-0.2, -0.15) is 5.10 Å². The molecule has 0 unspecified atom stereocenters. The van der Waals surface area contributed by atoms with Gasteiger partial charge in [0.25, 0.3) is 5.56 Å². The fraction of sp³-hybridized carbons (Fsp3) is 0.308. The van der Waals surface area contributed by atoms with E-state index in [1.807, 2.05) is 68.4 Å². The van der Waals surface area contributed by atoms with Gasteiger partial charge >= 0.3 is 0 Å². The second-order valence-corrected chi connectivity index (χ2v) is 9.04. The van der Waals surface area contributed by atoms with Crippen LogP contribution in [-0.2, 0) is 30.8 Å². The highest BCUT2D eigenvalue weighted by molar-refractivity contribution is 7.99. The number of aryl methyl sites for hydroxylation is 3. The molecule has 2 aromatic carbocycles. The summed E-state index contributed by atoms with van der Waals surface area (Å²) in [7, 11) is 1.62. The van der Waals surface area contributed by atoms with Crippen LogP contribution in [0.4, 0.5) is 0 Å². The normalized spacial score (nSPS) is 11.1. The molecule has 0 bridgehead atoms. The Morgan fingerprint density at radius 1 is 1.09 bits per heavy atom. The van der Waals surface area contributed by atoms with E-state index in [9.17, 15) is 9.59 Å². The van der Waals surface area contributed by atoms with Gasteiger partial charge in [-0.15, -0.1) is 0 Å². The number of methoxy groups -OCH3 is 1. The Morgan fingerprint density at radius 3 is 2.51 bits per heavy atom. The summed E-state index contributed by atoms with van der Waals surface area (Å²) in [5, 5.41) is 7.94. The minimum Gasteiger partial charge on any atom is -0.497 e. The largest absolute Gasteiger partial charge is 0.497 e. The Kier molecular flexibility index (Phi) is 7.87. The zero-order valence-electron chi connectivity index (χ0n) is 20.2. The molecule has 0 radical (unpaired) electrons. The van der Waals surface area contributed by atoms with Crippen LogP contribution < -0.4 is 15.6 Å². The highest BCUT2D eigenvalue weighted by atomic mass is 32.2. The molecule has 9 heteroatoms. The minimum atomic E-state index is -0.130. The quantitative estimate of drug-likeness (QED) is 0.269. The molecule has 182 valence electrons. The van der Waals surface area contributed by atoms with Crippen molar-refractivity contribution in [2.45, 2.75) is 45.1 Å². The highest BCUT2D eigenvalue weighted by Gasteiger charge is 2.19. The summed E-state index contributed by atoms with van der Waals surface area (Å²) in [6.07, 6.45) is 0.685. The van der Waals surface area contributed by atoms with Gasteiger partial charge in [0.05, 0.1) is 18.6 Å². The minimum absolute atomic E-state index is 0.129. The monoisotopic (exact) mass is 491 g/mol. The SMILES string of the molecule is CCn1nc(C)c2nc(SCC(=O)NCc3ccc(OC)cc3)n(CCc3ccccc3)c(=O)c21. The molecule has 4 aromatic rings. The molecular formula is C26H29N5O3S. The maximum absolute atomic E-state index is 13.5. The molecule has 0 fully saturated rings. The van der Waals surface area contributed by atoms with Crippen molar-refractivity contribution < 1.29 is 9.53 Å². The van der Waals surface area contributed by atoms with E-state index in [4.69, 9.17) is 9.72 Å². The first-order valence-electron chi connectivity index (χ1n) is 11.5. The third kappa shape index (κ3) is 5.74. The Balaban J connectivity index is 1.53. The van der Waals surface area contributed by atoms with E-state index < -0.39 is 0 Å². The van der Waals surface area contributed by atoms with Gasteiger partial charge in [0, 0.05) is 19.6 Å². The van der Waals surface area contributed by atoms with E-state index in [0.29, 0.717) is 47.9 Å². The van der Waals surface area contributed by atoms with E-state index >= 15 is 0 Å². The number of aromatic nitrogens is 4. The van der Waals surface area contributed by atoms with Gasteiger partial charge in [0.1, 0.15) is 11.3 Å². The first kappa shape index (κ1) is 24.5. The van der Waals surface area contributed by atoms with Crippen molar-refractivity contribution >= 4 is 28.7 Å². The number of rotatable bonds is 10. The van der Waals surface area contributed by atoms with E-state index in [2.05, 4.69) is 10.4 Å². The zero-order chi connectivity index (χ0) is 24.8. The van der Waals surface area contributed by atoms with Crippen LogP contribution in [0.5, 0.6) is 5.75 Å². The van der Waals surface area contributed by atoms with Crippen LogP contribution in [0, 0.1) is 6.92 Å². The average Bonchev–Trinajstić information content (AvgIpc) is 3.22. The van der Waals surface area contributed by atoms with E-state index in [-0.39, 0.29) is 17.2 Å². The summed E-state index contributed by atoms with van der Waals surface area (Å²) in [4.78, 5) is 30.9. The molecule has 4 rings (SSSR count). The van der Waals surface area contributed by atoms with Crippen LogP contribution in [0.25, 0.3) is 11.0 Å². The predicted octanol–water partition coefficient (Wildman–Crippen LogP) is 3.58. The van der Waals surface area contributed by atoms with E-state index in [1.165, 1.54) is 11.8 Å². The van der Waals surface area contributed by atoms with E-state index in [1.54, 1.807) is 16.4 Å². The summed E-state index contributed by atoms with van der Waals surface area (Å²) in [5.74, 6) is 0.795. The number of carbonyl (C=O) groups is 1. The van der Waals surface area contributed by atoms with Crippen molar-refractivity contribution in [3.8, 4) is 5.75 Å². The molecule has 8 nitrogen and oxygen atoms in total. The molecule has 35 heavy (non-hydrogen) atoms. The van der Waals surface area contributed by atoms with Crippen molar-refractivity contribution in [2.24, 2.45) is 0 Å². The smallest absolute Gasteiger partial charge is 0.280 e. The first-order valence-corrected chi connectivity index (χ1v) is 12.5. The number of hydrogen-bond donors (Lipinski definition) is 1. The number of ether oxygens (including phenoxy) is 1. The Bertz CT molecular complexity index is 1360. The van der Waals surface area contributed by atoms with Crippen LogP contribution in [0.15, 0.2) is 64.5 Å². The van der Waals surface area contributed by atoms with Gasteiger partial charge in [-0.1, -0.05) is 54.2 Å². The molecule has 0 aliphatic carbocycles. The van der Waals surface area contributed by atoms with E-state index in [0.717, 1.165) is 16.9 Å². The summed E-state index contributed by atoms with van der Waals surface area (Å²) in [5.41, 5.74) is 3.79. The van der Waals surface area contributed by atoms with Crippen LogP contribution in [-0.4, -0.2) is 38.1 Å². The molecule has 0 saturated heterocycles. The molecule has 2 aromatic heterocycles. The second kappa shape index (κ2) is 11.2. The van der Waals surface area contributed by atoms with Crippen LogP contribution >= 0.6 is 11.8 Å². The number of benzene rings is 2. The Morgan fingerprint density at radius 2 is 1.83 bits per heavy atom. The standard InChI is InChI=1S/C26H29N5O3S/c1-4-31-24-23(18(2)29-31)28-26(30(25(24)33)15-14-19-8-6-5-7-9-19)35-17-22(32)27-16-20-10-12-21(34-3)13-11-20/h5-13H,4,14-17H2,1-3H3,(H,27,32). The molecule has 0 aliphatic heterocycles. The number of carbonyl (C=O) groups excluding carboxylic acids is 1. The lowest BCUT2D eigenvalue weighted by Gasteiger charge is -2.13. The average molecular weight is 492 g/mol. The van der Waals surface area contributed by atoms with Crippen molar-refractivity contribution in [3.63, 3.8) is 0 Å². The van der Waals surface area contributed by atoms with Gasteiger partial charge in [0.15, 0.2) is 10.7 Å². The number of nitrogens with zero attached hydrogens (tertiary/aromatic N) is 4. The lowest BCUT2D eigenvalue weighted by Crippen LogP contribution is -2.28. The molecule has 0 aliphatic rings. The summed E-state index contributed by atoms with van der Waals surface area (Å²) in [6.45, 7) is 5.27. The molecule has 2 heterocycles. The number of hydrogen-bond acceptors (Lipinski definition) is 6. The maximum atomic E-state index is 13.5. The van der Waals surface area contributed by atoms with Crippen molar-refractivity contribution in [3.05, 3.63) is 81.8 Å². The number of thioether (sulfide) groups is 1. The van der Waals surface area contributed by atoms with Gasteiger partial charge in [-0.25, -0.2) is 4.98 Å². The van der Waals surface area contributed by atoms with Gasteiger partial charge in [0.2, 0.25) is 5.91 Å². The van der Waals surface area contributed by atoms with Crippen LogP contribution in [0.1, 0.15) is 23.7 Å². The maximum Gasteiger partial charge on any atom is 0.280 e. The highest BCUT2D eigenvalue weighted by Crippen LogP contribution is 2.20. The van der Waals surface area contributed by atoms with Gasteiger partial charge in [-0.3, -0.25) is 18.8 Å². The predicted molar refractivity (Wildman–Crippen MR) is 138 cm³/mol. The third-order valence-electron chi connectivity index (χ3n) is 5.73. The lowest BCUT2D eigenvalue weighted by atomic mass is 10.1. The molecule has 0 atom stereocenters. The Hall–Kier alpha value is -3.59. The number of nitrogens with one attached hydrogen (secondary N) is 1. The van der Waals surface area contributed by atoms with Crippen molar-refractivity contribution in [1.29, 1.82) is 0 Å². The molecule has 0 spiro atoms. The topological polar surface area (TPSA) is 91.0 Å². The second-order valence-electron chi connectivity index (χ2n) is 8.10. The van der Waals surface area contributed by atoms with Crippen molar-refractivity contribution in [1.82, 2.24) is 24.6 Å². The fourth-order valence-corrected chi connectivity index (χ4v) is 4.68. The summed E-state index contributed by atoms with van der Waals surface area (Å²) >= 11 is 1.27. The zero-order valence-corrected chi connectivity index (χ0v) is 21.0. The van der Waals surface area contributed by atoms with Crippen molar-refractivity contribution in [2.75, 3.05) is 12.9 Å². The summed E-state index contributed by atoms with van der Waals surface area (Å²) < 4.78 is 8.54. The third-order valence-corrected chi connectivity index (χ3v) is 6.71. The fourth-order valence-electron chi connectivity index (χ4n) is 3.84. The molecule has 1 amide bonds. The first-order chi connectivity index (χ1) is 17.0. The van der Waals surface area contributed by atoms with Crippen LogP contribution in [0.2, 0.25) is 0 Å². The molecule has 0 saturated carbocycles. The van der Waals surface area contributed by atoms with Gasteiger partial charge in [-0.05, 0) is 43.5 Å². The molecular weight excluding hydrogens is 462 g/mol. The van der Waals surface area contributed by atoms with Gasteiger partial charge < -0.3 is 10.1 Å². The number of fused-ring (bicyclic) bond motifs is 1. The molecule has 1 N–H and O–H groups in total. The number of amides is 1. The summed E-state index contributed by atoms with van der Waals surface area (Å²) in [6, 6.07) is 17.6. The lowest BCUT2D eigenvalue weighted by molar-refractivity contribution is -0.118.